The molecule has 0 unspecified atom stereocenters. The molecule has 14 heavy (non-hydrogen) atoms. The van der Waals surface area contributed by atoms with E-state index in [-0.39, 0.29) is 34.2 Å². The molecule has 5 heteroatoms. The first-order valence-electron chi connectivity index (χ1n) is 4.30. The van der Waals surface area contributed by atoms with Crippen molar-refractivity contribution in [2.24, 2.45) is 0 Å². The molecule has 0 aliphatic rings. The van der Waals surface area contributed by atoms with Crippen LogP contribution >= 0.6 is 0 Å². The minimum absolute atomic E-state index is 0. The van der Waals surface area contributed by atoms with Crippen molar-refractivity contribution in [3.8, 4) is 0 Å². The van der Waals surface area contributed by atoms with E-state index in [9.17, 15) is 9.59 Å². The number of nitrogens with one attached hydrogen (secondary N) is 1. The molecule has 0 radical (unpaired) electrons. The Bertz CT molecular complexity index is 179. The second-order valence-electron chi connectivity index (χ2n) is 2.66. The predicted molar refractivity (Wildman–Crippen MR) is 51.2 cm³/mol. The third-order valence-electron chi connectivity index (χ3n) is 1.42. The third-order valence-corrected chi connectivity index (χ3v) is 1.42. The molecule has 0 aliphatic carbocycles. The van der Waals surface area contributed by atoms with Gasteiger partial charge in [-0.05, 0) is 6.92 Å². The monoisotopic (exact) mass is 372 g/mol. The van der Waals surface area contributed by atoms with Crippen molar-refractivity contribution in [1.29, 1.82) is 0 Å². The molecule has 0 rings (SSSR count). The molecule has 0 fully saturated rings. The molecule has 1 amide bonds. The van der Waals surface area contributed by atoms with Crippen LogP contribution in [-0.2, 0) is 35.4 Å². The Labute approximate surface area is 101 Å². The van der Waals surface area contributed by atoms with Gasteiger partial charge in [0.15, 0.2) is 0 Å². The van der Waals surface area contributed by atoms with Crippen LogP contribution in [0.4, 0.5) is 0 Å². The van der Waals surface area contributed by atoms with E-state index >= 15 is 0 Å². The van der Waals surface area contributed by atoms with Gasteiger partial charge in [-0.2, -0.15) is 0 Å². The Kier molecular flexibility index (Phi) is 12.6. The molecule has 0 bridgehead atoms. The maximum absolute atomic E-state index is 11.0. The smallest absolute Gasteiger partial charge is 0.222 e. The Balaban J connectivity index is -0.000000720. The van der Waals surface area contributed by atoms with Crippen molar-refractivity contribution in [3.05, 3.63) is 6.92 Å². The van der Waals surface area contributed by atoms with E-state index in [1.807, 2.05) is 0 Å². The first-order chi connectivity index (χ1) is 6.16. The quantitative estimate of drug-likeness (QED) is 0.525. The van der Waals surface area contributed by atoms with E-state index < -0.39 is 0 Å². The third kappa shape index (κ3) is 11.8. The largest absolute Gasteiger partial charge is 0.413 e. The number of rotatable bonds is 7. The number of carbonyl (C=O) groups excluding carboxylic acids is 2. The summed E-state index contributed by atoms with van der Waals surface area (Å²) in [6.45, 7) is 6.14. The summed E-state index contributed by atoms with van der Waals surface area (Å²) in [5, 5.41) is 2.61. The van der Waals surface area contributed by atoms with Gasteiger partial charge in [-0.25, -0.2) is 0 Å². The number of hydrogen-bond acceptors (Lipinski definition) is 3. The van der Waals surface area contributed by atoms with E-state index in [4.69, 9.17) is 4.74 Å². The van der Waals surface area contributed by atoms with Crippen molar-refractivity contribution in [3.63, 3.8) is 0 Å². The van der Waals surface area contributed by atoms with Gasteiger partial charge in [0.1, 0.15) is 5.78 Å². The number of hydrogen-bond donors (Lipinski definition) is 1. The SMILES string of the molecule is [CH2-]COCCC(=O)NCCC(C)=O.[HH].[W]. The van der Waals surface area contributed by atoms with Crippen LogP contribution in [0.15, 0.2) is 0 Å². The van der Waals surface area contributed by atoms with Gasteiger partial charge in [0, 0.05) is 41.9 Å². The van der Waals surface area contributed by atoms with Crippen molar-refractivity contribution >= 4 is 11.7 Å². The van der Waals surface area contributed by atoms with Gasteiger partial charge >= 0.3 is 0 Å². The average molecular weight is 372 g/mol. The summed E-state index contributed by atoms with van der Waals surface area (Å²) >= 11 is 0. The minimum atomic E-state index is -0.0882. The number of ether oxygens (including phenoxy) is 1. The number of amides is 1. The summed E-state index contributed by atoms with van der Waals surface area (Å²) in [6, 6.07) is 0. The molecule has 84 valence electrons. The van der Waals surface area contributed by atoms with E-state index in [0.717, 1.165) is 0 Å². The first kappa shape index (κ1) is 16.2. The molecule has 0 aromatic heterocycles. The Hall–Kier alpha value is -0.212. The van der Waals surface area contributed by atoms with Gasteiger partial charge in [-0.1, -0.05) is 6.61 Å². The van der Waals surface area contributed by atoms with E-state index in [0.29, 0.717) is 32.6 Å². The van der Waals surface area contributed by atoms with Crippen LogP contribution in [0.5, 0.6) is 0 Å². The summed E-state index contributed by atoms with van der Waals surface area (Å²) in [5.74, 6) is -0.0102. The van der Waals surface area contributed by atoms with Crippen molar-refractivity contribution in [2.75, 3.05) is 19.8 Å². The Morgan fingerprint density at radius 3 is 2.57 bits per heavy atom. The van der Waals surface area contributed by atoms with Crippen LogP contribution < -0.4 is 5.32 Å². The second kappa shape index (κ2) is 10.9. The molecule has 0 heterocycles. The Morgan fingerprint density at radius 1 is 1.43 bits per heavy atom. The fourth-order valence-electron chi connectivity index (χ4n) is 0.733. The summed E-state index contributed by atoms with van der Waals surface area (Å²) in [4.78, 5) is 21.5. The van der Waals surface area contributed by atoms with E-state index in [2.05, 4.69) is 12.2 Å². The molecule has 0 atom stereocenters. The fourth-order valence-corrected chi connectivity index (χ4v) is 0.733. The summed E-state index contributed by atoms with van der Waals surface area (Å²) in [7, 11) is 0. The number of Topliss-reactive ketones (excluding diaryl/α,β-unsaturated/α-hetero) is 1. The van der Waals surface area contributed by atoms with Crippen LogP contribution in [0, 0.1) is 6.92 Å². The zero-order valence-electron chi connectivity index (χ0n) is 8.38. The molecule has 0 saturated heterocycles. The normalized spacial score (nSPS) is 9.00. The molecule has 0 spiro atoms. The summed E-state index contributed by atoms with van der Waals surface area (Å²) in [5.41, 5.74) is 0. The fraction of sp³-hybridized carbons (Fsp3) is 0.667. The van der Waals surface area contributed by atoms with Crippen LogP contribution in [0.1, 0.15) is 21.2 Å². The zero-order valence-corrected chi connectivity index (χ0v) is 11.3. The second-order valence-corrected chi connectivity index (χ2v) is 2.66. The van der Waals surface area contributed by atoms with Gasteiger partial charge in [-0.3, -0.25) is 9.59 Å². The summed E-state index contributed by atoms with van der Waals surface area (Å²) < 4.78 is 4.89. The van der Waals surface area contributed by atoms with Crippen LogP contribution in [0.25, 0.3) is 0 Å². The van der Waals surface area contributed by atoms with Crippen LogP contribution in [0.2, 0.25) is 0 Å². The van der Waals surface area contributed by atoms with Gasteiger partial charge < -0.3 is 17.0 Å². The molecule has 4 nitrogen and oxygen atoms in total. The van der Waals surface area contributed by atoms with Crippen LogP contribution in [0.3, 0.4) is 0 Å². The average Bonchev–Trinajstić information content (AvgIpc) is 2.04. The Morgan fingerprint density at radius 2 is 2.07 bits per heavy atom. The molecule has 0 aromatic rings. The van der Waals surface area contributed by atoms with E-state index in [1.54, 1.807) is 0 Å². The molecular formula is C9H18NO3W-. The maximum Gasteiger partial charge on any atom is 0.222 e. The maximum atomic E-state index is 11.0. The van der Waals surface area contributed by atoms with Crippen LogP contribution in [-0.4, -0.2) is 31.4 Å². The van der Waals surface area contributed by atoms with Gasteiger partial charge in [0.05, 0.1) is 6.61 Å². The minimum Gasteiger partial charge on any atom is -0.413 e. The van der Waals surface area contributed by atoms with Gasteiger partial charge in [0.2, 0.25) is 5.91 Å². The molecule has 0 aromatic carbocycles. The van der Waals surface area contributed by atoms with Gasteiger partial charge in [-0.15, -0.1) is 0 Å². The van der Waals surface area contributed by atoms with Crippen molar-refractivity contribution in [2.45, 2.75) is 19.8 Å². The molecule has 1 N–H and O–H groups in total. The first-order valence-corrected chi connectivity index (χ1v) is 4.30. The van der Waals surface area contributed by atoms with Gasteiger partial charge in [0.25, 0.3) is 0 Å². The summed E-state index contributed by atoms with van der Waals surface area (Å²) in [6.07, 6.45) is 0.718. The number of carbonyl (C=O) groups is 2. The van der Waals surface area contributed by atoms with E-state index in [1.165, 1.54) is 6.92 Å². The topological polar surface area (TPSA) is 55.4 Å². The predicted octanol–water partition coefficient (Wildman–Crippen LogP) is 0.566. The molecular weight excluding hydrogens is 354 g/mol. The zero-order chi connectivity index (χ0) is 10.1. The number of ketones is 1. The standard InChI is InChI=1S/C9H16NO3.W.H2/c1-3-13-7-5-9(12)10-6-4-8(2)11;;/h1,3-7H2,2H3,(H,10,12);;1H/q-1;;. The molecule has 0 aliphatic heterocycles. The van der Waals surface area contributed by atoms with Crippen molar-refractivity contribution in [1.82, 2.24) is 5.32 Å². The van der Waals surface area contributed by atoms with Crippen molar-refractivity contribution < 1.29 is 36.8 Å². The molecule has 0 saturated carbocycles.